The van der Waals surface area contributed by atoms with Crippen LogP contribution in [0.5, 0.6) is 0 Å². The molecular weight excluding hydrogens is 472 g/mol. The monoisotopic (exact) mass is 551 g/mol. The summed E-state index contributed by atoms with van der Waals surface area (Å²) in [6, 6.07) is 0. The van der Waals surface area contributed by atoms with Gasteiger partial charge in [-0.1, -0.05) is 226 Å². The zero-order chi connectivity index (χ0) is 28.3. The Bertz CT molecular complexity index is 406. The molecule has 0 aliphatic rings. The maximum Gasteiger partial charge on any atom is 0.0540 e. The summed E-state index contributed by atoms with van der Waals surface area (Å²) in [5, 5.41) is 10.3. The fourth-order valence-electron chi connectivity index (χ4n) is 6.18. The second kappa shape index (κ2) is 36.0. The first-order chi connectivity index (χ1) is 19.3. The van der Waals surface area contributed by atoms with Gasteiger partial charge in [0, 0.05) is 0 Å². The minimum absolute atomic E-state index is 0.0341. The summed E-state index contributed by atoms with van der Waals surface area (Å²) in [6.45, 7) is 4.60. The summed E-state index contributed by atoms with van der Waals surface area (Å²) >= 11 is 0. The Morgan fingerprint density at radius 3 is 0.590 bits per heavy atom. The number of hydrogen-bond donors (Lipinski definition) is 1. The average molecular weight is 551 g/mol. The Morgan fingerprint density at radius 1 is 0.256 bits per heavy atom. The van der Waals surface area contributed by atoms with E-state index in [1.54, 1.807) is 0 Å². The number of rotatable bonds is 35. The van der Waals surface area contributed by atoms with Crippen LogP contribution in [0.25, 0.3) is 0 Å². The van der Waals surface area contributed by atoms with Crippen molar-refractivity contribution in [3.63, 3.8) is 0 Å². The first-order valence-electron chi connectivity index (χ1n) is 19.0. The molecule has 1 nitrogen and oxygen atoms in total. The van der Waals surface area contributed by atoms with Gasteiger partial charge in [-0.2, -0.15) is 0 Å². The summed E-state index contributed by atoms with van der Waals surface area (Å²) in [7, 11) is 0. The Kier molecular flexibility index (Phi) is 35.9. The van der Waals surface area contributed by atoms with Gasteiger partial charge in [-0.3, -0.25) is 0 Å². The maximum atomic E-state index is 10.3. The summed E-state index contributed by atoms with van der Waals surface area (Å²) in [5.74, 6) is 0. The maximum absolute atomic E-state index is 10.3. The molecule has 236 valence electrons. The fraction of sp³-hybridized carbons (Fsp3) is 1.00. The minimum atomic E-state index is -0.0341. The highest BCUT2D eigenvalue weighted by atomic mass is 16.3. The topological polar surface area (TPSA) is 20.2 Å². The molecule has 1 unspecified atom stereocenters. The van der Waals surface area contributed by atoms with Crippen molar-refractivity contribution in [2.75, 3.05) is 0 Å². The quantitative estimate of drug-likeness (QED) is 0.0778. The Hall–Kier alpha value is -0.0400. The Labute approximate surface area is 249 Å². The van der Waals surface area contributed by atoms with Gasteiger partial charge in [0.2, 0.25) is 0 Å². The SMILES string of the molecule is CCCCCCCCCCCCCCCCCCCCCC(O)CCCCCCCCCCCCCCCC. The number of unbranched alkanes of at least 4 members (excludes halogenated alkanes) is 31. The van der Waals surface area contributed by atoms with Gasteiger partial charge in [0.15, 0.2) is 0 Å². The minimum Gasteiger partial charge on any atom is -0.393 e. The highest BCUT2D eigenvalue weighted by Crippen LogP contribution is 2.17. The van der Waals surface area contributed by atoms with Crippen molar-refractivity contribution in [2.45, 2.75) is 245 Å². The average Bonchev–Trinajstić information content (AvgIpc) is 2.94. The van der Waals surface area contributed by atoms with Crippen LogP contribution in [0.1, 0.15) is 239 Å². The Morgan fingerprint density at radius 2 is 0.410 bits per heavy atom. The highest BCUT2D eigenvalue weighted by molar-refractivity contribution is 4.58. The lowest BCUT2D eigenvalue weighted by molar-refractivity contribution is 0.147. The molecule has 39 heavy (non-hydrogen) atoms. The van der Waals surface area contributed by atoms with Crippen molar-refractivity contribution in [1.82, 2.24) is 0 Å². The molecule has 0 rings (SSSR count). The predicted molar refractivity (Wildman–Crippen MR) is 179 cm³/mol. The van der Waals surface area contributed by atoms with Gasteiger partial charge in [0.1, 0.15) is 0 Å². The first-order valence-corrected chi connectivity index (χ1v) is 19.0. The number of hydrogen-bond acceptors (Lipinski definition) is 1. The third kappa shape index (κ3) is 35.9. The molecule has 0 fully saturated rings. The molecule has 0 amide bonds. The van der Waals surface area contributed by atoms with Gasteiger partial charge in [-0.05, 0) is 12.8 Å². The van der Waals surface area contributed by atoms with E-state index >= 15 is 0 Å². The van der Waals surface area contributed by atoms with Gasteiger partial charge in [0.25, 0.3) is 0 Å². The lowest BCUT2D eigenvalue weighted by Crippen LogP contribution is -2.05. The standard InChI is InChI=1S/C38H78O/c1-3-5-7-9-11-13-15-17-19-20-21-22-23-25-27-29-31-33-35-37-38(39)36-34-32-30-28-26-24-18-16-14-12-10-8-6-4-2/h38-39H,3-37H2,1-2H3. The zero-order valence-corrected chi connectivity index (χ0v) is 27.8. The van der Waals surface area contributed by atoms with Crippen LogP contribution in [0.4, 0.5) is 0 Å². The van der Waals surface area contributed by atoms with Crippen molar-refractivity contribution in [2.24, 2.45) is 0 Å². The molecule has 0 aromatic carbocycles. The van der Waals surface area contributed by atoms with Crippen LogP contribution in [0.2, 0.25) is 0 Å². The summed E-state index contributed by atoms with van der Waals surface area (Å²) < 4.78 is 0. The molecule has 1 atom stereocenters. The Balaban J connectivity index is 3.13. The van der Waals surface area contributed by atoms with E-state index in [-0.39, 0.29) is 6.10 Å². The molecule has 0 aliphatic heterocycles. The van der Waals surface area contributed by atoms with Crippen molar-refractivity contribution < 1.29 is 5.11 Å². The van der Waals surface area contributed by atoms with Crippen LogP contribution in [0.3, 0.4) is 0 Å². The molecule has 0 heterocycles. The number of aliphatic hydroxyl groups excluding tert-OH is 1. The first kappa shape index (κ1) is 39.0. The van der Waals surface area contributed by atoms with E-state index in [1.165, 1.54) is 212 Å². The second-order valence-corrected chi connectivity index (χ2v) is 13.2. The zero-order valence-electron chi connectivity index (χ0n) is 27.8. The molecule has 0 saturated carbocycles. The molecule has 1 heteroatoms. The molecule has 0 saturated heterocycles. The van der Waals surface area contributed by atoms with E-state index in [2.05, 4.69) is 13.8 Å². The molecule has 0 bridgehead atoms. The van der Waals surface area contributed by atoms with E-state index in [4.69, 9.17) is 0 Å². The van der Waals surface area contributed by atoms with Gasteiger partial charge >= 0.3 is 0 Å². The molecule has 1 N–H and O–H groups in total. The van der Waals surface area contributed by atoms with E-state index in [1.807, 2.05) is 0 Å². The van der Waals surface area contributed by atoms with Crippen LogP contribution in [-0.4, -0.2) is 11.2 Å². The third-order valence-corrected chi connectivity index (χ3v) is 9.03. The molecular formula is C38H78O. The van der Waals surface area contributed by atoms with Crippen LogP contribution >= 0.6 is 0 Å². The fourth-order valence-corrected chi connectivity index (χ4v) is 6.18. The highest BCUT2D eigenvalue weighted by Gasteiger charge is 2.04. The largest absolute Gasteiger partial charge is 0.393 e. The molecule has 0 aromatic heterocycles. The van der Waals surface area contributed by atoms with Crippen molar-refractivity contribution in [1.29, 1.82) is 0 Å². The third-order valence-electron chi connectivity index (χ3n) is 9.03. The van der Waals surface area contributed by atoms with Crippen LogP contribution in [0, 0.1) is 0 Å². The summed E-state index contributed by atoms with van der Waals surface area (Å²) in [6.07, 6.45) is 49.0. The van der Waals surface area contributed by atoms with Gasteiger partial charge in [-0.15, -0.1) is 0 Å². The van der Waals surface area contributed by atoms with Gasteiger partial charge < -0.3 is 5.11 Å². The van der Waals surface area contributed by atoms with Crippen LogP contribution < -0.4 is 0 Å². The molecule has 0 aliphatic carbocycles. The smallest absolute Gasteiger partial charge is 0.0540 e. The predicted octanol–water partition coefficient (Wildman–Crippen LogP) is 14.0. The molecule has 0 spiro atoms. The molecule has 0 radical (unpaired) electrons. The van der Waals surface area contributed by atoms with Crippen molar-refractivity contribution >= 4 is 0 Å². The lowest BCUT2D eigenvalue weighted by atomic mass is 10.0. The summed E-state index contributed by atoms with van der Waals surface area (Å²) in [4.78, 5) is 0. The van der Waals surface area contributed by atoms with Crippen LogP contribution in [-0.2, 0) is 0 Å². The van der Waals surface area contributed by atoms with E-state index in [0.29, 0.717) is 0 Å². The van der Waals surface area contributed by atoms with E-state index in [0.717, 1.165) is 12.8 Å². The van der Waals surface area contributed by atoms with Gasteiger partial charge in [0.05, 0.1) is 6.10 Å². The van der Waals surface area contributed by atoms with Gasteiger partial charge in [-0.25, -0.2) is 0 Å². The molecule has 0 aromatic rings. The van der Waals surface area contributed by atoms with Crippen molar-refractivity contribution in [3.8, 4) is 0 Å². The lowest BCUT2D eigenvalue weighted by Gasteiger charge is -2.10. The van der Waals surface area contributed by atoms with Crippen LogP contribution in [0.15, 0.2) is 0 Å². The van der Waals surface area contributed by atoms with E-state index < -0.39 is 0 Å². The van der Waals surface area contributed by atoms with Crippen molar-refractivity contribution in [3.05, 3.63) is 0 Å². The summed E-state index contributed by atoms with van der Waals surface area (Å²) in [5.41, 5.74) is 0. The normalized spacial score (nSPS) is 12.4. The van der Waals surface area contributed by atoms with E-state index in [9.17, 15) is 5.11 Å². The second-order valence-electron chi connectivity index (χ2n) is 13.2. The number of aliphatic hydroxyl groups is 1.